The highest BCUT2D eigenvalue weighted by Crippen LogP contribution is 2.42. The van der Waals surface area contributed by atoms with Gasteiger partial charge in [0.15, 0.2) is 0 Å². The van der Waals surface area contributed by atoms with Gasteiger partial charge in [0, 0.05) is 5.25 Å². The molecule has 0 N–H and O–H groups in total. The summed E-state index contributed by atoms with van der Waals surface area (Å²) < 4.78 is 0. The van der Waals surface area contributed by atoms with Crippen LogP contribution in [-0.4, -0.2) is 5.25 Å². The Morgan fingerprint density at radius 3 is 1.70 bits per heavy atom. The molecular formula is C19H22S. The third-order valence-corrected chi connectivity index (χ3v) is 5.76. The number of hydrogen-bond acceptors (Lipinski definition) is 1. The molecule has 1 saturated carbocycles. The molecule has 0 nitrogen and oxygen atoms in total. The third kappa shape index (κ3) is 3.46. The summed E-state index contributed by atoms with van der Waals surface area (Å²) in [6, 6.07) is 21.9. The molecule has 104 valence electrons. The van der Waals surface area contributed by atoms with E-state index in [0.29, 0.717) is 5.25 Å². The Hall–Kier alpha value is -1.21. The maximum atomic E-state index is 2.27. The van der Waals surface area contributed by atoms with Crippen LogP contribution in [0.25, 0.3) is 0 Å². The van der Waals surface area contributed by atoms with E-state index in [0.717, 1.165) is 5.25 Å². The standard InChI is InChI=1S/C19H22S/c1-4-10-16(11-5-1)19(17-12-6-2-7-13-17)20-18-14-8-3-9-15-18/h1-2,4-7,10-13,18-19H,3,8-9,14-15H2. The van der Waals surface area contributed by atoms with Crippen molar-refractivity contribution in [3.63, 3.8) is 0 Å². The molecule has 0 atom stereocenters. The fraction of sp³-hybridized carbons (Fsp3) is 0.368. The van der Waals surface area contributed by atoms with E-state index in [2.05, 4.69) is 72.4 Å². The van der Waals surface area contributed by atoms with Crippen molar-refractivity contribution in [3.05, 3.63) is 71.8 Å². The van der Waals surface area contributed by atoms with Gasteiger partial charge in [-0.15, -0.1) is 11.8 Å². The van der Waals surface area contributed by atoms with E-state index in [1.165, 1.54) is 43.2 Å². The average Bonchev–Trinajstić information content (AvgIpc) is 2.55. The van der Waals surface area contributed by atoms with E-state index in [-0.39, 0.29) is 0 Å². The van der Waals surface area contributed by atoms with Crippen LogP contribution in [0.1, 0.15) is 48.5 Å². The molecule has 1 fully saturated rings. The minimum absolute atomic E-state index is 0.487. The summed E-state index contributed by atoms with van der Waals surface area (Å²) in [5.41, 5.74) is 2.88. The Balaban J connectivity index is 1.83. The molecule has 0 saturated heterocycles. The molecule has 0 heterocycles. The largest absolute Gasteiger partial charge is 0.146 e. The molecular weight excluding hydrogens is 260 g/mol. The molecule has 0 amide bonds. The van der Waals surface area contributed by atoms with Gasteiger partial charge in [-0.2, -0.15) is 0 Å². The van der Waals surface area contributed by atoms with Crippen LogP contribution in [0.4, 0.5) is 0 Å². The first kappa shape index (κ1) is 13.8. The summed E-state index contributed by atoms with van der Waals surface area (Å²) in [6.07, 6.45) is 7.03. The lowest BCUT2D eigenvalue weighted by molar-refractivity contribution is 0.515. The van der Waals surface area contributed by atoms with Gasteiger partial charge in [-0.1, -0.05) is 79.9 Å². The SMILES string of the molecule is c1ccc(C(SC2CCCCC2)c2ccccc2)cc1. The van der Waals surface area contributed by atoms with Gasteiger partial charge in [0.05, 0.1) is 5.25 Å². The zero-order chi connectivity index (χ0) is 13.6. The van der Waals surface area contributed by atoms with E-state index < -0.39 is 0 Å². The summed E-state index contributed by atoms with van der Waals surface area (Å²) in [5, 5.41) is 1.31. The smallest absolute Gasteiger partial charge is 0.0549 e. The second kappa shape index (κ2) is 6.99. The lowest BCUT2D eigenvalue weighted by Crippen LogP contribution is -2.11. The van der Waals surface area contributed by atoms with Crippen LogP contribution in [0.3, 0.4) is 0 Å². The number of thioether (sulfide) groups is 1. The first-order chi connectivity index (χ1) is 9.93. The minimum Gasteiger partial charge on any atom is -0.146 e. The zero-order valence-corrected chi connectivity index (χ0v) is 12.7. The van der Waals surface area contributed by atoms with Gasteiger partial charge in [-0.3, -0.25) is 0 Å². The van der Waals surface area contributed by atoms with E-state index in [1.54, 1.807) is 0 Å². The first-order valence-corrected chi connectivity index (χ1v) is 8.63. The van der Waals surface area contributed by atoms with Gasteiger partial charge in [-0.05, 0) is 24.0 Å². The highest BCUT2D eigenvalue weighted by atomic mass is 32.2. The van der Waals surface area contributed by atoms with Crippen molar-refractivity contribution < 1.29 is 0 Å². The molecule has 0 aliphatic heterocycles. The Kier molecular flexibility index (Phi) is 4.81. The van der Waals surface area contributed by atoms with Crippen LogP contribution in [0, 0.1) is 0 Å². The van der Waals surface area contributed by atoms with Crippen LogP contribution >= 0.6 is 11.8 Å². The maximum Gasteiger partial charge on any atom is 0.0549 e. The van der Waals surface area contributed by atoms with Crippen LogP contribution in [0.15, 0.2) is 60.7 Å². The lowest BCUT2D eigenvalue weighted by atomic mass is 10.0. The topological polar surface area (TPSA) is 0 Å². The Morgan fingerprint density at radius 1 is 0.700 bits per heavy atom. The molecule has 1 aliphatic carbocycles. The van der Waals surface area contributed by atoms with E-state index in [9.17, 15) is 0 Å². The third-order valence-electron chi connectivity index (χ3n) is 4.09. The molecule has 2 aromatic rings. The Bertz CT molecular complexity index is 460. The minimum atomic E-state index is 0.487. The highest BCUT2D eigenvalue weighted by molar-refractivity contribution is 8.00. The van der Waals surface area contributed by atoms with Gasteiger partial charge < -0.3 is 0 Å². The molecule has 2 aromatic carbocycles. The van der Waals surface area contributed by atoms with Crippen molar-refractivity contribution in [1.82, 2.24) is 0 Å². The van der Waals surface area contributed by atoms with Gasteiger partial charge in [0.2, 0.25) is 0 Å². The van der Waals surface area contributed by atoms with Crippen LogP contribution in [0.2, 0.25) is 0 Å². The number of benzene rings is 2. The normalized spacial score (nSPS) is 16.4. The Morgan fingerprint density at radius 2 is 1.20 bits per heavy atom. The second-order valence-electron chi connectivity index (χ2n) is 5.60. The molecule has 20 heavy (non-hydrogen) atoms. The predicted octanol–water partition coefficient (Wildman–Crippen LogP) is 5.84. The van der Waals surface area contributed by atoms with Crippen molar-refractivity contribution in [2.45, 2.75) is 42.6 Å². The molecule has 0 bridgehead atoms. The van der Waals surface area contributed by atoms with E-state index >= 15 is 0 Å². The van der Waals surface area contributed by atoms with Crippen molar-refractivity contribution in [3.8, 4) is 0 Å². The first-order valence-electron chi connectivity index (χ1n) is 7.69. The molecule has 3 rings (SSSR count). The van der Waals surface area contributed by atoms with Crippen LogP contribution < -0.4 is 0 Å². The van der Waals surface area contributed by atoms with E-state index in [4.69, 9.17) is 0 Å². The van der Waals surface area contributed by atoms with Crippen LogP contribution in [0.5, 0.6) is 0 Å². The number of hydrogen-bond donors (Lipinski definition) is 0. The fourth-order valence-electron chi connectivity index (χ4n) is 3.00. The van der Waals surface area contributed by atoms with Gasteiger partial charge in [0.25, 0.3) is 0 Å². The lowest BCUT2D eigenvalue weighted by Gasteiger charge is -2.27. The predicted molar refractivity (Wildman–Crippen MR) is 89.2 cm³/mol. The molecule has 0 aromatic heterocycles. The van der Waals surface area contributed by atoms with Crippen molar-refractivity contribution in [2.75, 3.05) is 0 Å². The summed E-state index contributed by atoms with van der Waals surface area (Å²) in [5.74, 6) is 0. The summed E-state index contributed by atoms with van der Waals surface area (Å²) in [4.78, 5) is 0. The van der Waals surface area contributed by atoms with Crippen molar-refractivity contribution in [1.29, 1.82) is 0 Å². The fourth-order valence-corrected chi connectivity index (χ4v) is 4.62. The van der Waals surface area contributed by atoms with Gasteiger partial charge >= 0.3 is 0 Å². The monoisotopic (exact) mass is 282 g/mol. The van der Waals surface area contributed by atoms with E-state index in [1.807, 2.05) is 0 Å². The molecule has 1 aliphatic rings. The van der Waals surface area contributed by atoms with Crippen molar-refractivity contribution >= 4 is 11.8 Å². The summed E-state index contributed by atoms with van der Waals surface area (Å²) >= 11 is 2.17. The number of rotatable bonds is 4. The molecule has 1 heteroatoms. The zero-order valence-electron chi connectivity index (χ0n) is 11.9. The second-order valence-corrected chi connectivity index (χ2v) is 7.01. The molecule has 0 unspecified atom stereocenters. The maximum absolute atomic E-state index is 2.27. The molecule has 0 spiro atoms. The highest BCUT2D eigenvalue weighted by Gasteiger charge is 2.21. The quantitative estimate of drug-likeness (QED) is 0.678. The van der Waals surface area contributed by atoms with Crippen molar-refractivity contribution in [2.24, 2.45) is 0 Å². The molecule has 0 radical (unpaired) electrons. The van der Waals surface area contributed by atoms with Gasteiger partial charge in [-0.25, -0.2) is 0 Å². The van der Waals surface area contributed by atoms with Crippen LogP contribution in [-0.2, 0) is 0 Å². The van der Waals surface area contributed by atoms with Gasteiger partial charge in [0.1, 0.15) is 0 Å². The summed E-state index contributed by atoms with van der Waals surface area (Å²) in [7, 11) is 0. The average molecular weight is 282 g/mol. The summed E-state index contributed by atoms with van der Waals surface area (Å²) in [6.45, 7) is 0. The Labute approximate surface area is 126 Å².